The quantitative estimate of drug-likeness (QED) is 0.268. The number of aliphatic hydroxyl groups excluding tert-OH is 1. The zero-order valence-electron chi connectivity index (χ0n) is 21.3. The summed E-state index contributed by atoms with van der Waals surface area (Å²) in [5.41, 5.74) is 2.15. The van der Waals surface area contributed by atoms with Crippen molar-refractivity contribution in [1.29, 1.82) is 0 Å². The molecule has 0 spiro atoms. The number of methoxy groups -OCH3 is 2. The number of carbonyl (C=O) groups excluding carboxylic acids is 2. The Kier molecular flexibility index (Phi) is 7.22. The largest absolute Gasteiger partial charge is 0.507 e. The van der Waals surface area contributed by atoms with Gasteiger partial charge in [0.15, 0.2) is 0 Å². The van der Waals surface area contributed by atoms with Crippen LogP contribution >= 0.6 is 0 Å². The van der Waals surface area contributed by atoms with Crippen molar-refractivity contribution in [2.75, 3.05) is 34.0 Å². The molecule has 1 saturated heterocycles. The fraction of sp³-hybridized carbons (Fsp3) is 0.267. The maximum Gasteiger partial charge on any atom is 0.295 e. The Morgan fingerprint density at radius 2 is 1.61 bits per heavy atom. The van der Waals surface area contributed by atoms with E-state index < -0.39 is 17.7 Å². The molecule has 8 heteroatoms. The molecule has 1 atom stereocenters. The van der Waals surface area contributed by atoms with E-state index in [2.05, 4.69) is 0 Å². The Morgan fingerprint density at radius 3 is 2.29 bits per heavy atom. The summed E-state index contributed by atoms with van der Waals surface area (Å²) in [5, 5.41) is 11.4. The summed E-state index contributed by atoms with van der Waals surface area (Å²) in [4.78, 5) is 28.0. The third kappa shape index (κ3) is 4.89. The van der Waals surface area contributed by atoms with Gasteiger partial charge in [0.25, 0.3) is 11.7 Å². The zero-order valence-corrected chi connectivity index (χ0v) is 21.3. The van der Waals surface area contributed by atoms with Gasteiger partial charge in [0.1, 0.15) is 35.4 Å². The molecule has 0 bridgehead atoms. The summed E-state index contributed by atoms with van der Waals surface area (Å²) < 4.78 is 22.0. The van der Waals surface area contributed by atoms with Gasteiger partial charge < -0.3 is 29.0 Å². The topological polar surface area (TPSA) is 94.5 Å². The van der Waals surface area contributed by atoms with Crippen molar-refractivity contribution in [2.24, 2.45) is 0 Å². The smallest absolute Gasteiger partial charge is 0.295 e. The number of carbonyl (C=O) groups is 2. The van der Waals surface area contributed by atoms with Crippen molar-refractivity contribution in [2.45, 2.75) is 18.9 Å². The Morgan fingerprint density at radius 1 is 0.947 bits per heavy atom. The van der Waals surface area contributed by atoms with Gasteiger partial charge in [-0.2, -0.15) is 0 Å². The number of fused-ring (bicyclic) bond motifs is 1. The first-order valence-electron chi connectivity index (χ1n) is 12.5. The molecule has 0 radical (unpaired) electrons. The van der Waals surface area contributed by atoms with Crippen molar-refractivity contribution in [3.05, 3.63) is 89.0 Å². The van der Waals surface area contributed by atoms with Crippen molar-refractivity contribution >= 4 is 17.4 Å². The Balaban J connectivity index is 1.48. The maximum atomic E-state index is 13.3. The number of likely N-dealkylation sites (tertiary alicyclic amines) is 1. The van der Waals surface area contributed by atoms with Gasteiger partial charge in [0, 0.05) is 5.56 Å². The number of rotatable bonds is 8. The monoisotopic (exact) mass is 515 g/mol. The van der Waals surface area contributed by atoms with E-state index in [1.165, 1.54) is 4.90 Å². The molecule has 3 aromatic carbocycles. The van der Waals surface area contributed by atoms with Crippen molar-refractivity contribution in [3.8, 4) is 23.0 Å². The van der Waals surface area contributed by atoms with Crippen LogP contribution in [0, 0.1) is 0 Å². The third-order valence-corrected chi connectivity index (χ3v) is 6.81. The standard InChI is InChI=1S/C30H29NO7/c1-35-22-8-5-19(6-9-22)27-26(28(32)21-7-14-25-20(18-21)4-3-16-38-25)29(33)30(34)31(27)15-17-37-24-12-10-23(36-2)11-13-24/h5-14,18,27,32H,3-4,15-17H2,1-2H3/b28-26-. The first kappa shape index (κ1) is 25.2. The number of nitrogens with zero attached hydrogens (tertiary/aromatic N) is 1. The molecule has 0 saturated carbocycles. The average molecular weight is 516 g/mol. The van der Waals surface area contributed by atoms with Crippen LogP contribution in [0.25, 0.3) is 5.76 Å². The summed E-state index contributed by atoms with van der Waals surface area (Å²) in [6.45, 7) is 0.948. The summed E-state index contributed by atoms with van der Waals surface area (Å²) in [6.07, 6.45) is 1.69. The zero-order chi connectivity index (χ0) is 26.6. The number of ketones is 1. The number of benzene rings is 3. The Bertz CT molecular complexity index is 1360. The number of hydrogen-bond donors (Lipinski definition) is 1. The van der Waals surface area contributed by atoms with Gasteiger partial charge in [0.05, 0.1) is 39.0 Å². The molecule has 0 aromatic heterocycles. The molecule has 8 nitrogen and oxygen atoms in total. The van der Waals surface area contributed by atoms with E-state index in [0.717, 1.165) is 24.2 Å². The lowest BCUT2D eigenvalue weighted by Gasteiger charge is -2.25. The second-order valence-corrected chi connectivity index (χ2v) is 9.06. The molecule has 2 aliphatic heterocycles. The second-order valence-electron chi connectivity index (χ2n) is 9.06. The predicted octanol–water partition coefficient (Wildman–Crippen LogP) is 4.53. The maximum absolute atomic E-state index is 13.3. The minimum absolute atomic E-state index is 0.0429. The van der Waals surface area contributed by atoms with Crippen molar-refractivity contribution < 1.29 is 33.6 Å². The lowest BCUT2D eigenvalue weighted by molar-refractivity contribution is -0.140. The van der Waals surface area contributed by atoms with Gasteiger partial charge in [-0.1, -0.05) is 12.1 Å². The highest BCUT2D eigenvalue weighted by Gasteiger charge is 2.46. The van der Waals surface area contributed by atoms with Crippen LogP contribution in [0.3, 0.4) is 0 Å². The van der Waals surface area contributed by atoms with Crippen LogP contribution < -0.4 is 18.9 Å². The van der Waals surface area contributed by atoms with E-state index >= 15 is 0 Å². The summed E-state index contributed by atoms with van der Waals surface area (Å²) >= 11 is 0. The van der Waals surface area contributed by atoms with E-state index in [0.29, 0.717) is 35.0 Å². The normalized spacial score (nSPS) is 18.1. The first-order valence-corrected chi connectivity index (χ1v) is 12.5. The Labute approximate surface area is 221 Å². The molecule has 1 fully saturated rings. The van der Waals surface area contributed by atoms with Gasteiger partial charge in [-0.15, -0.1) is 0 Å². The molecule has 1 unspecified atom stereocenters. The molecular weight excluding hydrogens is 486 g/mol. The van der Waals surface area contributed by atoms with Crippen molar-refractivity contribution in [1.82, 2.24) is 4.90 Å². The number of Topliss-reactive ketones (excluding diaryl/α,β-unsaturated/α-hetero) is 1. The van der Waals surface area contributed by atoms with Gasteiger partial charge in [-0.05, 0) is 78.6 Å². The van der Waals surface area contributed by atoms with Crippen LogP contribution in [0.2, 0.25) is 0 Å². The van der Waals surface area contributed by atoms with E-state index in [1.807, 2.05) is 6.07 Å². The van der Waals surface area contributed by atoms with Crippen LogP contribution in [0.4, 0.5) is 0 Å². The van der Waals surface area contributed by atoms with E-state index in [-0.39, 0.29) is 24.5 Å². The summed E-state index contributed by atoms with van der Waals surface area (Å²) in [7, 11) is 3.15. The lowest BCUT2D eigenvalue weighted by Crippen LogP contribution is -2.33. The molecule has 2 aliphatic rings. The van der Waals surface area contributed by atoms with E-state index in [4.69, 9.17) is 18.9 Å². The molecule has 2 heterocycles. The number of aliphatic hydroxyl groups is 1. The first-order chi connectivity index (χ1) is 18.5. The fourth-order valence-electron chi connectivity index (χ4n) is 4.84. The van der Waals surface area contributed by atoms with Crippen LogP contribution in [0.5, 0.6) is 23.0 Å². The summed E-state index contributed by atoms with van der Waals surface area (Å²) in [6, 6.07) is 18.8. The molecule has 1 N–H and O–H groups in total. The minimum Gasteiger partial charge on any atom is -0.507 e. The van der Waals surface area contributed by atoms with Gasteiger partial charge in [-0.3, -0.25) is 9.59 Å². The molecular formula is C30H29NO7. The van der Waals surface area contributed by atoms with E-state index in [9.17, 15) is 14.7 Å². The number of amides is 1. The average Bonchev–Trinajstić information content (AvgIpc) is 3.22. The van der Waals surface area contributed by atoms with Crippen LogP contribution in [0.15, 0.2) is 72.3 Å². The third-order valence-electron chi connectivity index (χ3n) is 6.81. The SMILES string of the molecule is COc1ccc(OCCN2C(=O)C(=O)/C(=C(\O)c3ccc4c(c3)CCCO4)C2c2ccc(OC)cc2)cc1. The summed E-state index contributed by atoms with van der Waals surface area (Å²) in [5.74, 6) is 1.10. The van der Waals surface area contributed by atoms with Crippen molar-refractivity contribution in [3.63, 3.8) is 0 Å². The molecule has 38 heavy (non-hydrogen) atoms. The number of hydrogen-bond acceptors (Lipinski definition) is 7. The highest BCUT2D eigenvalue weighted by molar-refractivity contribution is 6.46. The number of aryl methyl sites for hydroxylation is 1. The van der Waals surface area contributed by atoms with E-state index in [1.54, 1.807) is 74.9 Å². The fourth-order valence-corrected chi connectivity index (χ4v) is 4.84. The highest BCUT2D eigenvalue weighted by Crippen LogP contribution is 2.40. The van der Waals surface area contributed by atoms with Gasteiger partial charge in [-0.25, -0.2) is 0 Å². The second kappa shape index (κ2) is 10.9. The number of ether oxygens (including phenoxy) is 4. The highest BCUT2D eigenvalue weighted by atomic mass is 16.5. The molecule has 196 valence electrons. The van der Waals surface area contributed by atoms with Crippen LogP contribution in [0.1, 0.15) is 29.2 Å². The van der Waals surface area contributed by atoms with Crippen LogP contribution in [-0.4, -0.2) is 55.7 Å². The molecule has 1 amide bonds. The Hall–Kier alpha value is -4.46. The van der Waals surface area contributed by atoms with Crippen LogP contribution in [-0.2, 0) is 16.0 Å². The molecule has 3 aromatic rings. The minimum atomic E-state index is -0.785. The lowest BCUT2D eigenvalue weighted by atomic mass is 9.94. The predicted molar refractivity (Wildman–Crippen MR) is 141 cm³/mol. The van der Waals surface area contributed by atoms with Gasteiger partial charge >= 0.3 is 0 Å². The molecule has 0 aliphatic carbocycles. The van der Waals surface area contributed by atoms with Gasteiger partial charge in [0.2, 0.25) is 0 Å². The molecule has 5 rings (SSSR count).